The van der Waals surface area contributed by atoms with Gasteiger partial charge in [-0.1, -0.05) is 6.07 Å². The monoisotopic (exact) mass is 518 g/mol. The molecule has 10 nitrogen and oxygen atoms in total. The summed E-state index contributed by atoms with van der Waals surface area (Å²) in [5, 5.41) is 9.91. The molecule has 4 aromatic heterocycles. The van der Waals surface area contributed by atoms with E-state index in [-0.39, 0.29) is 18.3 Å². The number of nitrogens with one attached hydrogen (secondary N) is 2. The second kappa shape index (κ2) is 10.6. The van der Waals surface area contributed by atoms with E-state index in [1.807, 2.05) is 36.6 Å². The van der Waals surface area contributed by atoms with Crippen molar-refractivity contribution in [2.75, 3.05) is 17.2 Å². The van der Waals surface area contributed by atoms with Gasteiger partial charge in [-0.25, -0.2) is 18.7 Å². The highest BCUT2D eigenvalue weighted by atomic mass is 19.2. The Morgan fingerprint density at radius 1 is 1.13 bits per heavy atom. The van der Waals surface area contributed by atoms with Gasteiger partial charge in [-0.3, -0.25) is 18.9 Å². The SMILES string of the molecule is Cc1cn2c(-c3cnn(CC(=O)Nc4cccc(F)c4F)c3)cnc2c(NCC(C)Oc2cccnc2)n1. The molecule has 1 aromatic carbocycles. The number of halogens is 2. The fourth-order valence-electron chi connectivity index (χ4n) is 3.89. The summed E-state index contributed by atoms with van der Waals surface area (Å²) >= 11 is 0. The standard InChI is InChI=1S/C26H24F2N8O2/c1-16-13-36-22(12-31-26(36)25(33-16)30-9-17(2)38-19-5-4-8-29-11-19)18-10-32-35(14-18)15-23(37)34-21-7-3-6-20(27)24(21)28/h3-8,10-14,17H,9,15H2,1-2H3,(H,30,33)(H,34,37). The highest BCUT2D eigenvalue weighted by Gasteiger charge is 2.16. The van der Waals surface area contributed by atoms with Crippen LogP contribution in [0.1, 0.15) is 12.6 Å². The molecule has 0 saturated carbocycles. The molecule has 12 heteroatoms. The second-order valence-electron chi connectivity index (χ2n) is 8.64. The molecular formula is C26H24F2N8O2. The van der Waals surface area contributed by atoms with Crippen LogP contribution in [-0.2, 0) is 11.3 Å². The minimum atomic E-state index is -1.11. The van der Waals surface area contributed by atoms with Gasteiger partial charge in [0.15, 0.2) is 23.1 Å². The molecule has 0 aliphatic rings. The number of fused-ring (bicyclic) bond motifs is 1. The third kappa shape index (κ3) is 5.43. The van der Waals surface area contributed by atoms with E-state index in [0.717, 1.165) is 17.5 Å². The molecule has 0 fully saturated rings. The molecule has 1 unspecified atom stereocenters. The highest BCUT2D eigenvalue weighted by molar-refractivity contribution is 5.90. The van der Waals surface area contributed by atoms with Gasteiger partial charge in [0.1, 0.15) is 18.4 Å². The first-order valence-electron chi connectivity index (χ1n) is 11.8. The Labute approximate surface area is 216 Å². The number of nitrogens with zero attached hydrogens (tertiary/aromatic N) is 6. The van der Waals surface area contributed by atoms with Crippen molar-refractivity contribution in [1.29, 1.82) is 0 Å². The maximum absolute atomic E-state index is 13.9. The number of hydrogen-bond acceptors (Lipinski definition) is 7. The first-order valence-corrected chi connectivity index (χ1v) is 11.8. The van der Waals surface area contributed by atoms with Gasteiger partial charge in [-0.15, -0.1) is 0 Å². The molecular weight excluding hydrogens is 494 g/mol. The van der Waals surface area contributed by atoms with Gasteiger partial charge in [-0.2, -0.15) is 5.10 Å². The van der Waals surface area contributed by atoms with Gasteiger partial charge < -0.3 is 15.4 Å². The Kier molecular flexibility index (Phi) is 6.94. The maximum Gasteiger partial charge on any atom is 0.246 e. The molecule has 0 radical (unpaired) electrons. The Morgan fingerprint density at radius 3 is 2.82 bits per heavy atom. The molecule has 2 N–H and O–H groups in total. The highest BCUT2D eigenvalue weighted by Crippen LogP contribution is 2.24. The predicted molar refractivity (Wildman–Crippen MR) is 137 cm³/mol. The number of pyridine rings is 1. The van der Waals surface area contributed by atoms with E-state index in [0.29, 0.717) is 29.3 Å². The molecule has 0 aliphatic heterocycles. The van der Waals surface area contributed by atoms with Gasteiger partial charge in [0.25, 0.3) is 0 Å². The molecule has 4 heterocycles. The van der Waals surface area contributed by atoms with Crippen LogP contribution in [0, 0.1) is 18.6 Å². The van der Waals surface area contributed by atoms with Crippen LogP contribution in [0.25, 0.3) is 16.9 Å². The van der Waals surface area contributed by atoms with E-state index >= 15 is 0 Å². The van der Waals surface area contributed by atoms with Crippen LogP contribution >= 0.6 is 0 Å². The minimum absolute atomic E-state index is 0.152. The number of aromatic nitrogens is 6. The van der Waals surface area contributed by atoms with Crippen LogP contribution in [-0.4, -0.2) is 47.7 Å². The Hall–Kier alpha value is -4.87. The molecule has 1 amide bonds. The molecule has 0 saturated heterocycles. The van der Waals surface area contributed by atoms with Crippen LogP contribution in [0.3, 0.4) is 0 Å². The number of benzene rings is 1. The summed E-state index contributed by atoms with van der Waals surface area (Å²) < 4.78 is 36.4. The van der Waals surface area contributed by atoms with E-state index in [1.54, 1.807) is 31.0 Å². The zero-order valence-corrected chi connectivity index (χ0v) is 20.6. The van der Waals surface area contributed by atoms with E-state index in [1.165, 1.54) is 16.8 Å². The summed E-state index contributed by atoms with van der Waals surface area (Å²) in [7, 11) is 0. The Bertz CT molecular complexity index is 1590. The predicted octanol–water partition coefficient (Wildman–Crippen LogP) is 4.09. The number of rotatable bonds is 9. The van der Waals surface area contributed by atoms with Crippen molar-refractivity contribution in [3.63, 3.8) is 0 Å². The largest absolute Gasteiger partial charge is 0.487 e. The van der Waals surface area contributed by atoms with Crippen LogP contribution < -0.4 is 15.4 Å². The summed E-state index contributed by atoms with van der Waals surface area (Å²) in [6.45, 7) is 4.12. The number of aryl methyl sites for hydroxylation is 1. The average molecular weight is 519 g/mol. The van der Waals surface area contributed by atoms with E-state index in [9.17, 15) is 13.6 Å². The molecule has 0 aliphatic carbocycles. The number of imidazole rings is 1. The first-order chi connectivity index (χ1) is 18.4. The van der Waals surface area contributed by atoms with Gasteiger partial charge in [0, 0.05) is 24.2 Å². The quantitative estimate of drug-likeness (QED) is 0.302. The maximum atomic E-state index is 13.9. The second-order valence-corrected chi connectivity index (χ2v) is 8.64. The molecule has 5 rings (SSSR count). The Balaban J connectivity index is 1.29. The van der Waals surface area contributed by atoms with E-state index < -0.39 is 17.5 Å². The zero-order valence-electron chi connectivity index (χ0n) is 20.6. The summed E-state index contributed by atoms with van der Waals surface area (Å²) in [5.41, 5.74) is 2.62. The number of anilines is 2. The van der Waals surface area contributed by atoms with Gasteiger partial charge >= 0.3 is 0 Å². The van der Waals surface area contributed by atoms with Crippen LogP contribution in [0.4, 0.5) is 20.3 Å². The third-order valence-corrected chi connectivity index (χ3v) is 5.60. The lowest BCUT2D eigenvalue weighted by molar-refractivity contribution is -0.116. The van der Waals surface area contributed by atoms with Crippen molar-refractivity contribution in [3.05, 3.63) is 84.8 Å². The van der Waals surface area contributed by atoms with Crippen LogP contribution in [0.2, 0.25) is 0 Å². The summed E-state index contributed by atoms with van der Waals surface area (Å²) in [5.74, 6) is -1.41. The third-order valence-electron chi connectivity index (χ3n) is 5.60. The summed E-state index contributed by atoms with van der Waals surface area (Å²) in [6.07, 6.45) is 10.0. The normalized spacial score (nSPS) is 11.9. The number of amides is 1. The zero-order chi connectivity index (χ0) is 26.6. The van der Waals surface area contributed by atoms with Crippen LogP contribution in [0.15, 0.2) is 67.5 Å². The molecule has 0 bridgehead atoms. The topological polar surface area (TPSA) is 111 Å². The van der Waals surface area contributed by atoms with Crippen molar-refractivity contribution in [2.24, 2.45) is 0 Å². The lowest BCUT2D eigenvalue weighted by Crippen LogP contribution is -2.23. The number of ether oxygens (including phenoxy) is 1. The lowest BCUT2D eigenvalue weighted by Gasteiger charge is -2.16. The van der Waals surface area contributed by atoms with Crippen molar-refractivity contribution < 1.29 is 18.3 Å². The summed E-state index contributed by atoms with van der Waals surface area (Å²) in [4.78, 5) is 25.6. The van der Waals surface area contributed by atoms with Crippen molar-refractivity contribution in [1.82, 2.24) is 29.1 Å². The van der Waals surface area contributed by atoms with Gasteiger partial charge in [-0.05, 0) is 38.1 Å². The molecule has 5 aromatic rings. The molecule has 0 spiro atoms. The number of carbonyl (C=O) groups is 1. The molecule has 1 atom stereocenters. The van der Waals surface area contributed by atoms with Gasteiger partial charge in [0.2, 0.25) is 5.91 Å². The van der Waals surface area contributed by atoms with E-state index in [4.69, 9.17) is 4.74 Å². The van der Waals surface area contributed by atoms with Crippen molar-refractivity contribution in [3.8, 4) is 17.0 Å². The van der Waals surface area contributed by atoms with Gasteiger partial charge in [0.05, 0.1) is 42.2 Å². The minimum Gasteiger partial charge on any atom is -0.487 e. The fraction of sp³-hybridized carbons (Fsp3) is 0.192. The van der Waals surface area contributed by atoms with Crippen molar-refractivity contribution >= 4 is 23.1 Å². The van der Waals surface area contributed by atoms with E-state index in [2.05, 4.69) is 30.7 Å². The molecule has 194 valence electrons. The molecule has 38 heavy (non-hydrogen) atoms. The van der Waals surface area contributed by atoms with Crippen molar-refractivity contribution in [2.45, 2.75) is 26.5 Å². The average Bonchev–Trinajstić information content (AvgIpc) is 3.52. The summed E-state index contributed by atoms with van der Waals surface area (Å²) in [6, 6.07) is 7.24. The smallest absolute Gasteiger partial charge is 0.246 e. The Morgan fingerprint density at radius 2 is 2.00 bits per heavy atom. The number of carbonyl (C=O) groups excluding carboxylic acids is 1. The van der Waals surface area contributed by atoms with Crippen LogP contribution in [0.5, 0.6) is 5.75 Å². The fourth-order valence-corrected chi connectivity index (χ4v) is 3.89. The number of hydrogen-bond donors (Lipinski definition) is 2. The lowest BCUT2D eigenvalue weighted by atomic mass is 10.3. The first kappa shape index (κ1) is 24.8.